The van der Waals surface area contributed by atoms with Crippen molar-refractivity contribution in [3.8, 4) is 0 Å². The molecule has 1 N–H and O–H groups in total. The van der Waals surface area contributed by atoms with Gasteiger partial charge in [-0.1, -0.05) is 0 Å². The molecule has 1 aromatic carbocycles. The van der Waals surface area contributed by atoms with Gasteiger partial charge in [0.1, 0.15) is 0 Å². The van der Waals surface area contributed by atoms with E-state index in [-0.39, 0.29) is 18.3 Å². The molecular formula is C18H22ClF3N4OS. The molecule has 28 heavy (non-hydrogen) atoms. The van der Waals surface area contributed by atoms with E-state index >= 15 is 0 Å². The summed E-state index contributed by atoms with van der Waals surface area (Å²) in [5.74, 6) is -0.300. The summed E-state index contributed by atoms with van der Waals surface area (Å²) in [4.78, 5) is 20.3. The van der Waals surface area contributed by atoms with Crippen molar-refractivity contribution in [3.05, 3.63) is 40.9 Å². The molecule has 1 aliphatic rings. The van der Waals surface area contributed by atoms with E-state index in [0.717, 1.165) is 37.5 Å². The molecule has 10 heteroatoms. The lowest BCUT2D eigenvalue weighted by Crippen LogP contribution is -2.48. The third-order valence-corrected chi connectivity index (χ3v) is 5.21. The molecule has 154 valence electrons. The minimum Gasteiger partial charge on any atom is -0.312 e. The average Bonchev–Trinajstić information content (AvgIpc) is 3.02. The van der Waals surface area contributed by atoms with Gasteiger partial charge in [0.2, 0.25) is 5.91 Å². The smallest absolute Gasteiger partial charge is 0.312 e. The normalized spacial score (nSPS) is 17.8. The minimum atomic E-state index is -4.41. The number of carbonyl (C=O) groups excluding carboxylic acids is 1. The predicted molar refractivity (Wildman–Crippen MR) is 106 cm³/mol. The van der Waals surface area contributed by atoms with Gasteiger partial charge >= 0.3 is 6.18 Å². The summed E-state index contributed by atoms with van der Waals surface area (Å²) >= 11 is 1.31. The molecule has 0 bridgehead atoms. The highest BCUT2D eigenvalue weighted by atomic mass is 35.5. The molecule has 5 nitrogen and oxygen atoms in total. The van der Waals surface area contributed by atoms with Crippen LogP contribution in [-0.4, -0.2) is 41.5 Å². The van der Waals surface area contributed by atoms with Gasteiger partial charge in [-0.05, 0) is 31.2 Å². The van der Waals surface area contributed by atoms with Gasteiger partial charge in [0.05, 0.1) is 16.9 Å². The van der Waals surface area contributed by atoms with Gasteiger partial charge in [-0.2, -0.15) is 13.2 Å². The van der Waals surface area contributed by atoms with Crippen LogP contribution in [0.2, 0.25) is 0 Å². The Morgan fingerprint density at radius 1 is 1.36 bits per heavy atom. The van der Waals surface area contributed by atoms with E-state index in [0.29, 0.717) is 23.4 Å². The third kappa shape index (κ3) is 5.44. The number of hydrogen-bond donors (Lipinski definition) is 1. The van der Waals surface area contributed by atoms with Crippen LogP contribution < -0.4 is 10.2 Å². The molecule has 0 radical (unpaired) electrons. The van der Waals surface area contributed by atoms with Crippen molar-refractivity contribution in [2.45, 2.75) is 32.6 Å². The Labute approximate surface area is 172 Å². The Hall–Kier alpha value is -1.68. The van der Waals surface area contributed by atoms with Crippen molar-refractivity contribution in [1.82, 2.24) is 15.2 Å². The van der Waals surface area contributed by atoms with Crippen molar-refractivity contribution < 1.29 is 18.0 Å². The molecule has 1 atom stereocenters. The predicted octanol–water partition coefficient (Wildman–Crippen LogP) is 4.06. The van der Waals surface area contributed by atoms with Crippen LogP contribution in [0.5, 0.6) is 0 Å². The van der Waals surface area contributed by atoms with Crippen LogP contribution in [0, 0.1) is 0 Å². The van der Waals surface area contributed by atoms with Gasteiger partial charge in [-0.3, -0.25) is 14.6 Å². The minimum absolute atomic E-state index is 0. The number of benzene rings is 1. The molecule has 0 unspecified atom stereocenters. The maximum Gasteiger partial charge on any atom is 0.416 e. The van der Waals surface area contributed by atoms with Crippen LogP contribution in [0.4, 0.5) is 24.0 Å². The molecule has 1 fully saturated rings. The SMILES string of the molecule is CC(=O)N(c1ccc(C(F)(F)F)cc1)c1nc(CN2CCN[C@H](C)C2)cs1.Cl. The number of nitrogens with one attached hydrogen (secondary N) is 1. The molecule has 0 aliphatic carbocycles. The molecule has 1 aliphatic heterocycles. The van der Waals surface area contributed by atoms with Gasteiger partial charge in [-0.15, -0.1) is 23.7 Å². The summed E-state index contributed by atoms with van der Waals surface area (Å²) < 4.78 is 38.3. The molecule has 2 heterocycles. The lowest BCUT2D eigenvalue weighted by atomic mass is 10.2. The Bertz CT molecular complexity index is 797. The maximum atomic E-state index is 12.8. The highest BCUT2D eigenvalue weighted by molar-refractivity contribution is 7.14. The largest absolute Gasteiger partial charge is 0.416 e. The maximum absolute atomic E-state index is 12.8. The second kappa shape index (κ2) is 9.21. The number of thiazole rings is 1. The quantitative estimate of drug-likeness (QED) is 0.788. The molecular weight excluding hydrogens is 413 g/mol. The summed E-state index contributed by atoms with van der Waals surface area (Å²) in [6, 6.07) is 4.95. The summed E-state index contributed by atoms with van der Waals surface area (Å²) in [6.07, 6.45) is -4.41. The van der Waals surface area contributed by atoms with Crippen molar-refractivity contribution in [1.29, 1.82) is 0 Å². The van der Waals surface area contributed by atoms with Crippen molar-refractivity contribution in [2.24, 2.45) is 0 Å². The van der Waals surface area contributed by atoms with Crippen LogP contribution in [0.15, 0.2) is 29.6 Å². The van der Waals surface area contributed by atoms with Gasteiger partial charge in [0, 0.05) is 44.5 Å². The van der Waals surface area contributed by atoms with E-state index in [1.165, 1.54) is 35.3 Å². The first-order chi connectivity index (χ1) is 12.7. The molecule has 0 saturated carbocycles. The lowest BCUT2D eigenvalue weighted by molar-refractivity contribution is -0.137. The lowest BCUT2D eigenvalue weighted by Gasteiger charge is -2.31. The summed E-state index contributed by atoms with van der Waals surface area (Å²) in [6.45, 7) is 6.94. The number of rotatable bonds is 4. The second-order valence-corrected chi connectivity index (χ2v) is 7.45. The fourth-order valence-electron chi connectivity index (χ4n) is 3.08. The van der Waals surface area contributed by atoms with Gasteiger partial charge in [-0.25, -0.2) is 4.98 Å². The monoisotopic (exact) mass is 434 g/mol. The topological polar surface area (TPSA) is 48.5 Å². The summed E-state index contributed by atoms with van der Waals surface area (Å²) in [7, 11) is 0. The molecule has 1 saturated heterocycles. The van der Waals surface area contributed by atoms with Gasteiger partial charge < -0.3 is 5.32 Å². The van der Waals surface area contributed by atoms with Crippen LogP contribution in [0.1, 0.15) is 25.1 Å². The second-order valence-electron chi connectivity index (χ2n) is 6.61. The molecule has 0 spiro atoms. The Morgan fingerprint density at radius 2 is 2.04 bits per heavy atom. The fraction of sp³-hybridized carbons (Fsp3) is 0.444. The van der Waals surface area contributed by atoms with Crippen LogP contribution >= 0.6 is 23.7 Å². The third-order valence-electron chi connectivity index (χ3n) is 4.34. The number of halogens is 4. The molecule has 1 amide bonds. The van der Waals surface area contributed by atoms with Crippen LogP contribution in [0.3, 0.4) is 0 Å². The zero-order valence-electron chi connectivity index (χ0n) is 15.5. The number of amides is 1. The van der Waals surface area contributed by atoms with Crippen LogP contribution in [-0.2, 0) is 17.5 Å². The number of anilines is 2. The van der Waals surface area contributed by atoms with E-state index in [4.69, 9.17) is 0 Å². The summed E-state index contributed by atoms with van der Waals surface area (Å²) in [5.41, 5.74) is 0.469. The number of alkyl halides is 3. The number of carbonyl (C=O) groups is 1. The van der Waals surface area contributed by atoms with Crippen LogP contribution in [0.25, 0.3) is 0 Å². The Morgan fingerprint density at radius 3 is 2.61 bits per heavy atom. The first kappa shape index (κ1) is 22.6. The Balaban J connectivity index is 0.00000280. The Kier molecular flexibility index (Phi) is 7.44. The van der Waals surface area contributed by atoms with E-state index in [1.54, 1.807) is 0 Å². The highest BCUT2D eigenvalue weighted by Gasteiger charge is 2.30. The van der Waals surface area contributed by atoms with E-state index < -0.39 is 11.7 Å². The van der Waals surface area contributed by atoms with Gasteiger partial charge in [0.25, 0.3) is 0 Å². The molecule has 2 aromatic rings. The molecule has 1 aromatic heterocycles. The van der Waals surface area contributed by atoms with Gasteiger partial charge in [0.15, 0.2) is 5.13 Å². The zero-order chi connectivity index (χ0) is 19.6. The summed E-state index contributed by atoms with van der Waals surface area (Å²) in [5, 5.41) is 5.73. The highest BCUT2D eigenvalue weighted by Crippen LogP contribution is 2.33. The number of nitrogens with zero attached hydrogens (tertiary/aromatic N) is 3. The van der Waals surface area contributed by atoms with Crippen molar-refractivity contribution >= 4 is 40.5 Å². The van der Waals surface area contributed by atoms with Crippen molar-refractivity contribution in [2.75, 3.05) is 24.5 Å². The van der Waals surface area contributed by atoms with E-state index in [9.17, 15) is 18.0 Å². The first-order valence-electron chi connectivity index (χ1n) is 8.62. The van der Waals surface area contributed by atoms with E-state index in [2.05, 4.69) is 22.1 Å². The zero-order valence-corrected chi connectivity index (χ0v) is 17.1. The van der Waals surface area contributed by atoms with E-state index in [1.807, 2.05) is 5.38 Å². The first-order valence-corrected chi connectivity index (χ1v) is 9.50. The molecule has 3 rings (SSSR count). The standard InChI is InChI=1S/C18H21F3N4OS.ClH/c1-12-9-24(8-7-22-12)10-15-11-27-17(23-15)25(13(2)26)16-5-3-14(4-6-16)18(19,20)21;/h3-6,11-12,22H,7-10H2,1-2H3;1H/t12-;/m1./s1. The number of aromatic nitrogens is 1. The van der Waals surface area contributed by atoms with Crippen molar-refractivity contribution in [3.63, 3.8) is 0 Å². The number of hydrogen-bond acceptors (Lipinski definition) is 5. The number of piperazine rings is 1. The fourth-order valence-corrected chi connectivity index (χ4v) is 3.96. The average molecular weight is 435 g/mol.